The Morgan fingerprint density at radius 2 is 1.82 bits per heavy atom. The van der Waals surface area contributed by atoms with Gasteiger partial charge in [0.2, 0.25) is 5.79 Å². The van der Waals surface area contributed by atoms with Crippen molar-refractivity contribution in [1.82, 2.24) is 19.5 Å². The van der Waals surface area contributed by atoms with Gasteiger partial charge in [-0.2, -0.15) is 0 Å². The van der Waals surface area contributed by atoms with E-state index < -0.39 is 16.0 Å². The number of halogens is 2. The summed E-state index contributed by atoms with van der Waals surface area (Å²) < 4.78 is 20.6. The molecule has 18 heteroatoms. The van der Waals surface area contributed by atoms with Crippen LogP contribution in [-0.2, 0) is 21.8 Å². The lowest BCUT2D eigenvalue weighted by Crippen LogP contribution is -2.34. The van der Waals surface area contributed by atoms with Crippen molar-refractivity contribution in [2.45, 2.75) is 30.5 Å². The lowest BCUT2D eigenvalue weighted by molar-refractivity contribution is -0.742. The van der Waals surface area contributed by atoms with Gasteiger partial charge in [-0.25, -0.2) is 15.0 Å². The Kier molecular flexibility index (Phi) is 12.9. The van der Waals surface area contributed by atoms with E-state index in [1.54, 1.807) is 42.6 Å². The second-order valence-electron chi connectivity index (χ2n) is 8.63. The lowest BCUT2D eigenvalue weighted by Gasteiger charge is -2.30. The summed E-state index contributed by atoms with van der Waals surface area (Å²) in [4.78, 5) is 29.8. The van der Waals surface area contributed by atoms with Crippen molar-refractivity contribution in [3.05, 3.63) is 109 Å². The lowest BCUT2D eigenvalue weighted by atomic mass is 10.1. The Balaban J connectivity index is 0.000000592. The quantitative estimate of drug-likeness (QED) is 0.0993. The van der Waals surface area contributed by atoms with Gasteiger partial charge in [-0.1, -0.05) is 48.0 Å². The molecule has 2 atom stereocenters. The first-order chi connectivity index (χ1) is 21.0. The van der Waals surface area contributed by atoms with Crippen LogP contribution in [0.15, 0.2) is 78.6 Å². The molecule has 1 aliphatic rings. The summed E-state index contributed by atoms with van der Waals surface area (Å²) >= 11 is 14.3. The molecule has 2 aromatic carbocycles. The third-order valence-electron chi connectivity index (χ3n) is 5.64. The van der Waals surface area contributed by atoms with E-state index in [4.69, 9.17) is 68.1 Å². The summed E-state index contributed by atoms with van der Waals surface area (Å²) in [6.07, 6.45) is 6.76. The standard InChI is InChI=1S/C26H24Cl2N4O3S.2HNO3/c1-2-36-25-30-10-9-24(31-25)18-3-6-20(7-4-18)33-14-21-15-34-26(35-21,16-32-12-11-29-17-32)22-8-5-19(27)13-23(22)28;2*2-1(3)4/h3-13,17,21H,2,14-16H2,1H3;2*(H,2,3,4)/t21-,26-;;/m1../s1. The normalized spacial score (nSPS) is 17.0. The molecule has 0 unspecified atom stereocenters. The Morgan fingerprint density at radius 1 is 1.11 bits per heavy atom. The van der Waals surface area contributed by atoms with Gasteiger partial charge >= 0.3 is 0 Å². The van der Waals surface area contributed by atoms with Crippen molar-refractivity contribution in [2.24, 2.45) is 0 Å². The fourth-order valence-corrected chi connectivity index (χ4v) is 5.10. The fraction of sp³-hybridized carbons (Fsp3) is 0.269. The van der Waals surface area contributed by atoms with Crippen LogP contribution in [0.2, 0.25) is 10.0 Å². The zero-order valence-electron chi connectivity index (χ0n) is 22.9. The third-order valence-corrected chi connectivity index (χ3v) is 6.94. The third kappa shape index (κ3) is 10.5. The summed E-state index contributed by atoms with van der Waals surface area (Å²) in [6.45, 7) is 3.14. The van der Waals surface area contributed by atoms with Gasteiger partial charge in [0, 0.05) is 34.7 Å². The number of thioether (sulfide) groups is 1. The zero-order chi connectivity index (χ0) is 32.1. The van der Waals surface area contributed by atoms with Gasteiger partial charge in [0.05, 0.1) is 30.2 Å². The van der Waals surface area contributed by atoms with Gasteiger partial charge < -0.3 is 29.2 Å². The molecule has 1 fully saturated rings. The topological polar surface area (TPSA) is 198 Å². The van der Waals surface area contributed by atoms with Gasteiger partial charge in [0.1, 0.15) is 18.5 Å². The number of hydrogen-bond acceptors (Lipinski definition) is 11. The molecule has 4 aromatic rings. The van der Waals surface area contributed by atoms with Gasteiger partial charge in [0.25, 0.3) is 10.2 Å². The summed E-state index contributed by atoms with van der Waals surface area (Å²) in [5.74, 6) is 0.578. The molecule has 0 bridgehead atoms. The second-order valence-corrected chi connectivity index (χ2v) is 10.7. The molecule has 0 radical (unpaired) electrons. The number of ether oxygens (including phenoxy) is 3. The Bertz CT molecular complexity index is 1500. The molecule has 0 amide bonds. The van der Waals surface area contributed by atoms with Crippen LogP contribution in [0, 0.1) is 20.2 Å². The van der Waals surface area contributed by atoms with Crippen LogP contribution in [-0.4, -0.2) is 65.2 Å². The number of benzene rings is 2. The van der Waals surface area contributed by atoms with Crippen molar-refractivity contribution >= 4 is 35.0 Å². The number of hydrogen-bond donors (Lipinski definition) is 2. The smallest absolute Gasteiger partial charge is 0.291 e. The molecule has 3 heterocycles. The molecule has 5 rings (SSSR count). The summed E-state index contributed by atoms with van der Waals surface area (Å²) in [6, 6.07) is 15.0. The molecule has 44 heavy (non-hydrogen) atoms. The van der Waals surface area contributed by atoms with E-state index in [0.29, 0.717) is 35.4 Å². The van der Waals surface area contributed by atoms with E-state index in [0.717, 1.165) is 27.9 Å². The van der Waals surface area contributed by atoms with E-state index in [1.165, 1.54) is 0 Å². The largest absolute Gasteiger partial charge is 0.491 e. The van der Waals surface area contributed by atoms with Crippen molar-refractivity contribution in [3.63, 3.8) is 0 Å². The first-order valence-electron chi connectivity index (χ1n) is 12.6. The van der Waals surface area contributed by atoms with Crippen LogP contribution in [0.25, 0.3) is 11.3 Å². The highest BCUT2D eigenvalue weighted by molar-refractivity contribution is 7.99. The summed E-state index contributed by atoms with van der Waals surface area (Å²) in [5, 5.41) is 29.1. The molecule has 15 nitrogen and oxygen atoms in total. The predicted octanol–water partition coefficient (Wildman–Crippen LogP) is 5.41. The molecule has 0 spiro atoms. The van der Waals surface area contributed by atoms with Crippen molar-refractivity contribution in [3.8, 4) is 17.0 Å². The summed E-state index contributed by atoms with van der Waals surface area (Å²) in [7, 11) is 0. The van der Waals surface area contributed by atoms with Gasteiger partial charge in [-0.15, -0.1) is 20.2 Å². The van der Waals surface area contributed by atoms with E-state index in [9.17, 15) is 0 Å². The molecule has 1 saturated heterocycles. The SMILES string of the molecule is CCSc1nccc(-c2ccc(OC[C@@H]3CO[C@@](Cn4ccnc4)(c4ccc(Cl)cc4Cl)O3)cc2)n1.O=[N+]([O-])O.O=[N+]([O-])O. The Labute approximate surface area is 264 Å². The predicted molar refractivity (Wildman–Crippen MR) is 158 cm³/mol. The molecule has 2 N–H and O–H groups in total. The minimum absolute atomic E-state index is 0.296. The number of imidazole rings is 1. The number of nitrogens with zero attached hydrogens (tertiary/aromatic N) is 6. The first-order valence-corrected chi connectivity index (χ1v) is 14.3. The van der Waals surface area contributed by atoms with Crippen molar-refractivity contribution < 1.29 is 34.8 Å². The Morgan fingerprint density at radius 3 is 2.43 bits per heavy atom. The van der Waals surface area contributed by atoms with Gasteiger partial charge in [0.15, 0.2) is 5.16 Å². The van der Waals surface area contributed by atoms with Crippen LogP contribution in [0.3, 0.4) is 0 Å². The zero-order valence-corrected chi connectivity index (χ0v) is 25.3. The molecular weight excluding hydrogens is 643 g/mol. The van der Waals surface area contributed by atoms with Gasteiger partial charge in [-0.3, -0.25) is 0 Å². The number of rotatable bonds is 9. The monoisotopic (exact) mass is 668 g/mol. The van der Waals surface area contributed by atoms with Crippen LogP contribution >= 0.6 is 35.0 Å². The fourth-order valence-electron chi connectivity index (χ4n) is 3.99. The van der Waals surface area contributed by atoms with Gasteiger partial charge in [-0.05, 0) is 48.2 Å². The average Bonchev–Trinajstić information content (AvgIpc) is 3.63. The molecular formula is C26H26Cl2N6O9S. The highest BCUT2D eigenvalue weighted by Crippen LogP contribution is 2.40. The second kappa shape index (κ2) is 16.6. The van der Waals surface area contributed by atoms with E-state index in [1.807, 2.05) is 47.2 Å². The Hall–Kier alpha value is -4.22. The maximum Gasteiger partial charge on any atom is 0.291 e. The minimum Gasteiger partial charge on any atom is -0.491 e. The molecule has 2 aromatic heterocycles. The maximum atomic E-state index is 8.36. The molecule has 1 aliphatic heterocycles. The summed E-state index contributed by atoms with van der Waals surface area (Å²) in [5.41, 5.74) is 2.59. The van der Waals surface area contributed by atoms with E-state index in [-0.39, 0.29) is 6.10 Å². The minimum atomic E-state index is -1.50. The molecule has 0 aliphatic carbocycles. The molecule has 234 valence electrons. The van der Waals surface area contributed by atoms with E-state index >= 15 is 0 Å². The molecule has 0 saturated carbocycles. The highest BCUT2D eigenvalue weighted by Gasteiger charge is 2.45. The van der Waals surface area contributed by atoms with E-state index in [2.05, 4.69) is 21.9 Å². The maximum absolute atomic E-state index is 8.36. The number of aromatic nitrogens is 4. The van der Waals surface area contributed by atoms with Crippen LogP contribution in [0.1, 0.15) is 12.5 Å². The van der Waals surface area contributed by atoms with Crippen molar-refractivity contribution in [1.29, 1.82) is 0 Å². The average molecular weight is 670 g/mol. The van der Waals surface area contributed by atoms with Crippen LogP contribution < -0.4 is 4.74 Å². The van der Waals surface area contributed by atoms with Crippen LogP contribution in [0.4, 0.5) is 0 Å². The van der Waals surface area contributed by atoms with Crippen molar-refractivity contribution in [2.75, 3.05) is 19.0 Å². The highest BCUT2D eigenvalue weighted by atomic mass is 35.5. The van der Waals surface area contributed by atoms with Crippen LogP contribution in [0.5, 0.6) is 5.75 Å². The first kappa shape index (κ1) is 34.3.